The van der Waals surface area contributed by atoms with Crippen molar-refractivity contribution in [1.82, 2.24) is 9.47 Å². The molecule has 1 atom stereocenters. The summed E-state index contributed by atoms with van der Waals surface area (Å²) in [5.74, 6) is 0.603. The van der Waals surface area contributed by atoms with Gasteiger partial charge in [0.2, 0.25) is 0 Å². The maximum atomic E-state index is 12.3. The van der Waals surface area contributed by atoms with E-state index >= 15 is 0 Å². The van der Waals surface area contributed by atoms with Crippen molar-refractivity contribution >= 4 is 21.8 Å². The Morgan fingerprint density at radius 1 is 1.42 bits per heavy atom. The quantitative estimate of drug-likeness (QED) is 0.780. The molecule has 1 fully saturated rings. The average Bonchev–Trinajstić information content (AvgIpc) is 2.41. The van der Waals surface area contributed by atoms with Gasteiger partial charge in [0, 0.05) is 42.8 Å². The fourth-order valence-corrected chi connectivity index (χ4v) is 2.95. The van der Waals surface area contributed by atoms with Crippen LogP contribution in [0.1, 0.15) is 30.1 Å². The van der Waals surface area contributed by atoms with E-state index < -0.39 is 0 Å². The third-order valence-corrected chi connectivity index (χ3v) is 4.58. The second-order valence-electron chi connectivity index (χ2n) is 5.17. The van der Waals surface area contributed by atoms with Crippen molar-refractivity contribution in [3.8, 4) is 0 Å². The standard InChI is InChI=1S/C14H19BrN2O2/c1-10(15)11-4-7-17(8-5-11)14(19)12-3-6-16(2)13(18)9-12/h3,6,9-11H,4-5,7-8H2,1-2H3. The first kappa shape index (κ1) is 14.3. The minimum absolute atomic E-state index is 0.0293. The molecular formula is C14H19BrN2O2. The van der Waals surface area contributed by atoms with Crippen LogP contribution in [0.15, 0.2) is 23.1 Å². The molecule has 0 bridgehead atoms. The van der Waals surface area contributed by atoms with Gasteiger partial charge in [0.25, 0.3) is 11.5 Å². The number of likely N-dealkylation sites (tertiary alicyclic amines) is 1. The molecule has 1 aliphatic heterocycles. The Morgan fingerprint density at radius 3 is 2.58 bits per heavy atom. The van der Waals surface area contributed by atoms with Crippen LogP contribution in [0.4, 0.5) is 0 Å². The lowest BCUT2D eigenvalue weighted by atomic mass is 9.94. The van der Waals surface area contributed by atoms with Crippen molar-refractivity contribution in [1.29, 1.82) is 0 Å². The van der Waals surface area contributed by atoms with Gasteiger partial charge in [-0.15, -0.1) is 0 Å². The highest BCUT2D eigenvalue weighted by atomic mass is 79.9. The molecule has 1 aromatic heterocycles. The van der Waals surface area contributed by atoms with E-state index in [4.69, 9.17) is 0 Å². The van der Waals surface area contributed by atoms with Gasteiger partial charge in [0.1, 0.15) is 0 Å². The van der Waals surface area contributed by atoms with E-state index in [1.165, 1.54) is 10.6 Å². The Kier molecular flexibility index (Phi) is 4.45. The first-order valence-corrected chi connectivity index (χ1v) is 7.50. The molecule has 0 N–H and O–H groups in total. The fourth-order valence-electron chi connectivity index (χ4n) is 2.43. The van der Waals surface area contributed by atoms with Crippen LogP contribution in [-0.4, -0.2) is 33.3 Å². The van der Waals surface area contributed by atoms with Gasteiger partial charge in [-0.2, -0.15) is 0 Å². The zero-order valence-electron chi connectivity index (χ0n) is 11.3. The monoisotopic (exact) mass is 326 g/mol. The lowest BCUT2D eigenvalue weighted by Crippen LogP contribution is -2.40. The molecular weight excluding hydrogens is 308 g/mol. The second-order valence-corrected chi connectivity index (χ2v) is 6.62. The zero-order chi connectivity index (χ0) is 14.0. The van der Waals surface area contributed by atoms with E-state index in [-0.39, 0.29) is 11.5 Å². The predicted octanol–water partition coefficient (Wildman–Crippen LogP) is 2.02. The molecule has 5 heteroatoms. The van der Waals surface area contributed by atoms with E-state index in [1.54, 1.807) is 19.3 Å². The molecule has 2 heterocycles. The van der Waals surface area contributed by atoms with E-state index in [0.29, 0.717) is 16.3 Å². The first-order valence-electron chi connectivity index (χ1n) is 6.59. The van der Waals surface area contributed by atoms with Gasteiger partial charge in [-0.1, -0.05) is 22.9 Å². The summed E-state index contributed by atoms with van der Waals surface area (Å²) in [6.45, 7) is 3.70. The smallest absolute Gasteiger partial charge is 0.254 e. The highest BCUT2D eigenvalue weighted by Crippen LogP contribution is 2.25. The van der Waals surface area contributed by atoms with Crippen LogP contribution in [0, 0.1) is 5.92 Å². The van der Waals surface area contributed by atoms with Gasteiger partial charge in [0.15, 0.2) is 0 Å². The number of amides is 1. The Bertz CT molecular complexity index is 516. The molecule has 1 aliphatic rings. The number of hydrogen-bond donors (Lipinski definition) is 0. The maximum Gasteiger partial charge on any atom is 0.254 e. The third-order valence-electron chi connectivity index (χ3n) is 3.83. The normalized spacial score (nSPS) is 18.4. The molecule has 0 aromatic carbocycles. The number of nitrogens with zero attached hydrogens (tertiary/aromatic N) is 2. The van der Waals surface area contributed by atoms with Crippen LogP contribution in [-0.2, 0) is 7.05 Å². The number of carbonyl (C=O) groups excluding carboxylic acids is 1. The lowest BCUT2D eigenvalue weighted by molar-refractivity contribution is 0.0691. The van der Waals surface area contributed by atoms with E-state index in [0.717, 1.165) is 25.9 Å². The van der Waals surface area contributed by atoms with Crippen LogP contribution < -0.4 is 5.56 Å². The van der Waals surface area contributed by atoms with Crippen LogP contribution in [0.25, 0.3) is 0 Å². The Morgan fingerprint density at radius 2 is 2.05 bits per heavy atom. The Hall–Kier alpha value is -1.10. The van der Waals surface area contributed by atoms with Crippen LogP contribution in [0.5, 0.6) is 0 Å². The molecule has 1 saturated heterocycles. The van der Waals surface area contributed by atoms with Crippen LogP contribution in [0.2, 0.25) is 0 Å². The van der Waals surface area contributed by atoms with E-state index in [2.05, 4.69) is 22.9 Å². The summed E-state index contributed by atoms with van der Waals surface area (Å²) in [5.41, 5.74) is 0.350. The highest BCUT2D eigenvalue weighted by Gasteiger charge is 2.25. The summed E-state index contributed by atoms with van der Waals surface area (Å²) >= 11 is 3.61. The van der Waals surface area contributed by atoms with E-state index in [9.17, 15) is 9.59 Å². The van der Waals surface area contributed by atoms with Gasteiger partial charge in [-0.05, 0) is 24.8 Å². The van der Waals surface area contributed by atoms with Gasteiger partial charge >= 0.3 is 0 Å². The largest absolute Gasteiger partial charge is 0.339 e. The van der Waals surface area contributed by atoms with Crippen LogP contribution in [0.3, 0.4) is 0 Å². The molecule has 104 valence electrons. The van der Waals surface area contributed by atoms with Crippen molar-refractivity contribution in [2.75, 3.05) is 13.1 Å². The number of aryl methyl sites for hydroxylation is 1. The topological polar surface area (TPSA) is 42.3 Å². The molecule has 0 spiro atoms. The summed E-state index contributed by atoms with van der Waals surface area (Å²) in [4.78, 5) is 26.2. The van der Waals surface area contributed by atoms with Gasteiger partial charge in [0.05, 0.1) is 0 Å². The average molecular weight is 327 g/mol. The van der Waals surface area contributed by atoms with Crippen LogP contribution >= 0.6 is 15.9 Å². The molecule has 0 saturated carbocycles. The number of hydrogen-bond acceptors (Lipinski definition) is 2. The highest BCUT2D eigenvalue weighted by molar-refractivity contribution is 9.09. The number of halogens is 1. The number of aromatic nitrogens is 1. The first-order chi connectivity index (χ1) is 8.99. The molecule has 2 rings (SSSR count). The lowest BCUT2D eigenvalue weighted by Gasteiger charge is -2.33. The molecule has 4 nitrogen and oxygen atoms in total. The summed E-state index contributed by atoms with van der Waals surface area (Å²) in [7, 11) is 1.68. The summed E-state index contributed by atoms with van der Waals surface area (Å²) in [5, 5.41) is 0. The molecule has 0 aliphatic carbocycles. The van der Waals surface area contributed by atoms with Gasteiger partial charge in [-0.25, -0.2) is 0 Å². The maximum absolute atomic E-state index is 12.3. The van der Waals surface area contributed by atoms with Crippen molar-refractivity contribution in [3.63, 3.8) is 0 Å². The van der Waals surface area contributed by atoms with Crippen molar-refractivity contribution in [3.05, 3.63) is 34.2 Å². The SMILES string of the molecule is CC(Br)C1CCN(C(=O)c2ccn(C)c(=O)c2)CC1. The molecule has 0 radical (unpaired) electrons. The zero-order valence-corrected chi connectivity index (χ0v) is 12.9. The third kappa shape index (κ3) is 3.26. The van der Waals surface area contributed by atoms with E-state index in [1.807, 2.05) is 4.90 Å². The van der Waals surface area contributed by atoms with Gasteiger partial charge < -0.3 is 9.47 Å². The molecule has 19 heavy (non-hydrogen) atoms. The predicted molar refractivity (Wildman–Crippen MR) is 78.7 cm³/mol. The number of pyridine rings is 1. The number of rotatable bonds is 2. The minimum atomic E-state index is -0.144. The minimum Gasteiger partial charge on any atom is -0.339 e. The van der Waals surface area contributed by atoms with Crippen molar-refractivity contribution < 1.29 is 4.79 Å². The number of carbonyl (C=O) groups is 1. The summed E-state index contributed by atoms with van der Waals surface area (Å²) in [6, 6.07) is 3.13. The van der Waals surface area contributed by atoms with Gasteiger partial charge in [-0.3, -0.25) is 9.59 Å². The molecule has 1 amide bonds. The summed E-state index contributed by atoms with van der Waals surface area (Å²) < 4.78 is 1.47. The Balaban J connectivity index is 2.05. The molecule has 1 unspecified atom stereocenters. The number of alkyl halides is 1. The summed E-state index contributed by atoms with van der Waals surface area (Å²) in [6.07, 6.45) is 3.68. The number of piperidine rings is 1. The second kappa shape index (κ2) is 5.90. The van der Waals surface area contributed by atoms with Crippen molar-refractivity contribution in [2.24, 2.45) is 13.0 Å². The molecule has 1 aromatic rings. The fraction of sp³-hybridized carbons (Fsp3) is 0.571. The van der Waals surface area contributed by atoms with Crippen molar-refractivity contribution in [2.45, 2.75) is 24.6 Å². The Labute approximate surface area is 121 Å².